The van der Waals surface area contributed by atoms with Crippen LogP contribution in [0.3, 0.4) is 0 Å². The SMILES string of the molecule is COC(=O)/C(O)=C/C(=O)c1ccc(-c2ccc(Br)cc2)s1. The molecule has 0 aliphatic heterocycles. The number of ketones is 1. The van der Waals surface area contributed by atoms with E-state index in [1.165, 1.54) is 11.3 Å². The van der Waals surface area contributed by atoms with E-state index in [-0.39, 0.29) is 0 Å². The van der Waals surface area contributed by atoms with Gasteiger partial charge in [-0.05, 0) is 29.8 Å². The first-order valence-corrected chi connectivity index (χ1v) is 7.51. The molecule has 1 N–H and O–H groups in total. The third-order valence-corrected chi connectivity index (χ3v) is 4.32. The Morgan fingerprint density at radius 2 is 1.86 bits per heavy atom. The average Bonchev–Trinajstić information content (AvgIpc) is 2.97. The van der Waals surface area contributed by atoms with Crippen molar-refractivity contribution in [3.8, 4) is 10.4 Å². The molecular formula is C15H11BrO4S. The van der Waals surface area contributed by atoms with Crippen LogP contribution in [-0.4, -0.2) is 24.0 Å². The number of halogens is 1. The minimum absolute atomic E-state index is 0.434. The number of rotatable bonds is 4. The van der Waals surface area contributed by atoms with Gasteiger partial charge in [-0.3, -0.25) is 4.79 Å². The van der Waals surface area contributed by atoms with E-state index < -0.39 is 17.5 Å². The van der Waals surface area contributed by atoms with Crippen molar-refractivity contribution in [3.63, 3.8) is 0 Å². The molecule has 0 saturated heterocycles. The zero-order chi connectivity index (χ0) is 15.4. The summed E-state index contributed by atoms with van der Waals surface area (Å²) in [7, 11) is 1.13. The molecule has 1 aromatic carbocycles. The summed E-state index contributed by atoms with van der Waals surface area (Å²) in [4.78, 5) is 24.3. The smallest absolute Gasteiger partial charge is 0.373 e. The second-order valence-corrected chi connectivity index (χ2v) is 6.06. The van der Waals surface area contributed by atoms with Crippen LogP contribution < -0.4 is 0 Å². The van der Waals surface area contributed by atoms with Crippen molar-refractivity contribution in [2.75, 3.05) is 7.11 Å². The first-order valence-electron chi connectivity index (χ1n) is 5.90. The number of aliphatic hydroxyl groups excluding tert-OH is 1. The van der Waals surface area contributed by atoms with Gasteiger partial charge in [0.1, 0.15) is 0 Å². The van der Waals surface area contributed by atoms with Crippen molar-refractivity contribution >= 4 is 39.0 Å². The molecule has 0 radical (unpaired) electrons. The lowest BCUT2D eigenvalue weighted by Crippen LogP contribution is -2.06. The minimum atomic E-state index is -0.937. The van der Waals surface area contributed by atoms with Gasteiger partial charge in [0.25, 0.3) is 0 Å². The molecule has 0 bridgehead atoms. The third kappa shape index (κ3) is 3.80. The Hall–Kier alpha value is -1.92. The number of methoxy groups -OCH3 is 1. The van der Waals surface area contributed by atoms with Crippen LogP contribution in [0.2, 0.25) is 0 Å². The van der Waals surface area contributed by atoms with E-state index in [1.54, 1.807) is 6.07 Å². The lowest BCUT2D eigenvalue weighted by molar-refractivity contribution is -0.139. The van der Waals surface area contributed by atoms with Crippen LogP contribution in [0.4, 0.5) is 0 Å². The number of esters is 1. The van der Waals surface area contributed by atoms with Gasteiger partial charge < -0.3 is 9.84 Å². The van der Waals surface area contributed by atoms with E-state index >= 15 is 0 Å². The molecule has 0 fully saturated rings. The summed E-state index contributed by atoms with van der Waals surface area (Å²) in [6.45, 7) is 0. The number of ether oxygens (including phenoxy) is 1. The van der Waals surface area contributed by atoms with Crippen LogP contribution in [-0.2, 0) is 9.53 Å². The van der Waals surface area contributed by atoms with Gasteiger partial charge in [0.05, 0.1) is 12.0 Å². The molecule has 0 amide bonds. The van der Waals surface area contributed by atoms with Gasteiger partial charge in [0, 0.05) is 15.4 Å². The Morgan fingerprint density at radius 1 is 1.19 bits per heavy atom. The molecule has 21 heavy (non-hydrogen) atoms. The zero-order valence-electron chi connectivity index (χ0n) is 11.0. The molecule has 4 nitrogen and oxygen atoms in total. The van der Waals surface area contributed by atoms with E-state index in [1.807, 2.05) is 30.3 Å². The molecule has 6 heteroatoms. The molecule has 0 spiro atoms. The van der Waals surface area contributed by atoms with Gasteiger partial charge in [0.2, 0.25) is 5.76 Å². The van der Waals surface area contributed by atoms with Gasteiger partial charge in [-0.2, -0.15) is 0 Å². The van der Waals surface area contributed by atoms with Crippen molar-refractivity contribution in [1.29, 1.82) is 0 Å². The second-order valence-electron chi connectivity index (χ2n) is 4.06. The van der Waals surface area contributed by atoms with E-state index in [9.17, 15) is 14.7 Å². The largest absolute Gasteiger partial charge is 0.502 e. The Labute approximate surface area is 133 Å². The first-order chi connectivity index (χ1) is 10.0. The Kier molecular flexibility index (Phi) is 4.93. The van der Waals surface area contributed by atoms with Gasteiger partial charge in [-0.25, -0.2) is 4.79 Å². The van der Waals surface area contributed by atoms with E-state index in [4.69, 9.17) is 0 Å². The molecule has 0 aliphatic carbocycles. The fourth-order valence-corrected chi connectivity index (χ4v) is 2.79. The topological polar surface area (TPSA) is 63.6 Å². The highest BCUT2D eigenvalue weighted by molar-refractivity contribution is 9.10. The summed E-state index contributed by atoms with van der Waals surface area (Å²) in [5.41, 5.74) is 0.989. The number of carbonyl (C=O) groups is 2. The first kappa shape index (κ1) is 15.5. The molecule has 2 rings (SSSR count). The summed E-state index contributed by atoms with van der Waals surface area (Å²) in [5.74, 6) is -2.08. The molecular weight excluding hydrogens is 356 g/mol. The number of allylic oxidation sites excluding steroid dienone is 1. The molecule has 1 aromatic heterocycles. The maximum atomic E-state index is 11.9. The van der Waals surface area contributed by atoms with Crippen molar-refractivity contribution in [2.24, 2.45) is 0 Å². The molecule has 0 atom stereocenters. The standard InChI is InChI=1S/C15H11BrO4S/c1-20-15(19)12(18)8-11(17)14-7-6-13(21-14)9-2-4-10(16)5-3-9/h2-8,18H,1H3/b12-8-. The lowest BCUT2D eigenvalue weighted by atomic mass is 10.2. The lowest BCUT2D eigenvalue weighted by Gasteiger charge is -1.97. The fourth-order valence-electron chi connectivity index (χ4n) is 1.60. The quantitative estimate of drug-likeness (QED) is 0.384. The second kappa shape index (κ2) is 6.69. The van der Waals surface area contributed by atoms with Crippen LogP contribution in [0.15, 0.2) is 52.7 Å². The average molecular weight is 367 g/mol. The molecule has 0 saturated carbocycles. The van der Waals surface area contributed by atoms with Crippen LogP contribution in [0.1, 0.15) is 9.67 Å². The van der Waals surface area contributed by atoms with Gasteiger partial charge >= 0.3 is 5.97 Å². The highest BCUT2D eigenvalue weighted by atomic mass is 79.9. The number of aliphatic hydroxyl groups is 1. The number of hydrogen-bond acceptors (Lipinski definition) is 5. The van der Waals surface area contributed by atoms with Crippen molar-refractivity contribution < 1.29 is 19.4 Å². The Bertz CT molecular complexity index is 701. The van der Waals surface area contributed by atoms with Gasteiger partial charge in [-0.1, -0.05) is 28.1 Å². The molecule has 108 valence electrons. The Morgan fingerprint density at radius 3 is 2.48 bits per heavy atom. The number of thiophene rings is 1. The van der Waals surface area contributed by atoms with Crippen molar-refractivity contribution in [2.45, 2.75) is 0 Å². The summed E-state index contributed by atoms with van der Waals surface area (Å²) in [6, 6.07) is 11.2. The fraction of sp³-hybridized carbons (Fsp3) is 0.0667. The molecule has 1 heterocycles. The van der Waals surface area contributed by atoms with Gasteiger partial charge in [0.15, 0.2) is 5.78 Å². The summed E-state index contributed by atoms with van der Waals surface area (Å²) >= 11 is 4.65. The number of benzene rings is 1. The monoisotopic (exact) mass is 366 g/mol. The number of hydrogen-bond donors (Lipinski definition) is 1. The highest BCUT2D eigenvalue weighted by Crippen LogP contribution is 2.29. The summed E-state index contributed by atoms with van der Waals surface area (Å²) in [6.07, 6.45) is 0.864. The van der Waals surface area contributed by atoms with Crippen LogP contribution in [0.5, 0.6) is 0 Å². The van der Waals surface area contributed by atoms with Crippen molar-refractivity contribution in [3.05, 3.63) is 57.6 Å². The van der Waals surface area contributed by atoms with Crippen LogP contribution >= 0.6 is 27.3 Å². The van der Waals surface area contributed by atoms with E-state index in [0.717, 1.165) is 28.1 Å². The predicted octanol–water partition coefficient (Wildman–Crippen LogP) is 3.98. The molecule has 2 aromatic rings. The summed E-state index contributed by atoms with van der Waals surface area (Å²) in [5, 5.41) is 9.37. The van der Waals surface area contributed by atoms with Crippen LogP contribution in [0, 0.1) is 0 Å². The summed E-state index contributed by atoms with van der Waals surface area (Å²) < 4.78 is 5.30. The van der Waals surface area contributed by atoms with E-state index in [2.05, 4.69) is 20.7 Å². The van der Waals surface area contributed by atoms with E-state index in [0.29, 0.717) is 4.88 Å². The van der Waals surface area contributed by atoms with Crippen LogP contribution in [0.25, 0.3) is 10.4 Å². The maximum absolute atomic E-state index is 11.9. The molecule has 0 unspecified atom stereocenters. The normalized spacial score (nSPS) is 11.2. The maximum Gasteiger partial charge on any atom is 0.373 e. The predicted molar refractivity (Wildman–Crippen MR) is 84.5 cm³/mol. The third-order valence-electron chi connectivity index (χ3n) is 2.64. The van der Waals surface area contributed by atoms with Gasteiger partial charge in [-0.15, -0.1) is 11.3 Å². The Balaban J connectivity index is 2.22. The molecule has 0 aliphatic rings. The minimum Gasteiger partial charge on any atom is -0.502 e. The highest BCUT2D eigenvalue weighted by Gasteiger charge is 2.13. The number of carbonyl (C=O) groups excluding carboxylic acids is 2. The van der Waals surface area contributed by atoms with Crippen molar-refractivity contribution in [1.82, 2.24) is 0 Å². The zero-order valence-corrected chi connectivity index (χ0v) is 13.4.